The highest BCUT2D eigenvalue weighted by Crippen LogP contribution is 2.43. The normalized spacial score (nSPS) is 20.7. The highest BCUT2D eigenvalue weighted by molar-refractivity contribution is 6.33. The Balaban J connectivity index is 1.20. The lowest BCUT2D eigenvalue weighted by Crippen LogP contribution is -2.62. The predicted molar refractivity (Wildman–Crippen MR) is 166 cm³/mol. The molecule has 3 saturated heterocycles. The van der Waals surface area contributed by atoms with Crippen LogP contribution in [0.3, 0.4) is 0 Å². The van der Waals surface area contributed by atoms with Crippen molar-refractivity contribution < 1.29 is 46.7 Å². The van der Waals surface area contributed by atoms with Crippen molar-refractivity contribution in [3.05, 3.63) is 52.8 Å². The molecule has 4 aliphatic heterocycles. The Bertz CT molecular complexity index is 1850. The summed E-state index contributed by atoms with van der Waals surface area (Å²) in [6.45, 7) is 2.17. The molecule has 0 radical (unpaired) electrons. The first-order valence-corrected chi connectivity index (χ1v) is 16.0. The second kappa shape index (κ2) is 12.7. The predicted octanol–water partition coefficient (Wildman–Crippen LogP) is 2.98. The number of fused-ring (bicyclic) bond motifs is 3. The number of piperidine rings is 1. The smallest absolute Gasteiger partial charge is 0.430 e. The van der Waals surface area contributed by atoms with Crippen LogP contribution in [0.4, 0.5) is 30.8 Å². The zero-order valence-electron chi connectivity index (χ0n) is 26.0. The molecular weight excluding hydrogens is 673 g/mol. The van der Waals surface area contributed by atoms with Crippen molar-refractivity contribution in [1.82, 2.24) is 24.6 Å². The summed E-state index contributed by atoms with van der Waals surface area (Å²) in [4.78, 5) is 53.2. The number of benzene rings is 1. The summed E-state index contributed by atoms with van der Waals surface area (Å²) in [6.07, 6.45) is -2.36. The third kappa shape index (κ3) is 6.10. The molecule has 18 heteroatoms. The van der Waals surface area contributed by atoms with Crippen LogP contribution in [0.25, 0.3) is 0 Å². The molecule has 7 rings (SSSR count). The molecule has 0 aliphatic carbocycles. The average molecular weight is 704 g/mol. The second-order valence-electron chi connectivity index (χ2n) is 12.1. The molecule has 2 N–H and O–H groups in total. The fourth-order valence-corrected chi connectivity index (χ4v) is 7.07. The molecule has 1 unspecified atom stereocenters. The van der Waals surface area contributed by atoms with Crippen molar-refractivity contribution in [2.45, 2.75) is 31.0 Å². The first-order chi connectivity index (χ1) is 23.4. The molecule has 1 atom stereocenters. The van der Waals surface area contributed by atoms with Crippen molar-refractivity contribution >= 4 is 52.6 Å². The van der Waals surface area contributed by atoms with Gasteiger partial charge in [-0.2, -0.15) is 13.2 Å². The summed E-state index contributed by atoms with van der Waals surface area (Å²) in [5, 5.41) is 17.1. The minimum atomic E-state index is -4.61. The first kappa shape index (κ1) is 32.9. The maximum atomic E-state index is 14.3. The number of amides is 2. The largest absolute Gasteiger partial charge is 0.505 e. The van der Waals surface area contributed by atoms with Gasteiger partial charge in [0.05, 0.1) is 47.4 Å². The quantitative estimate of drug-likeness (QED) is 0.379. The number of halogens is 4. The van der Waals surface area contributed by atoms with Gasteiger partial charge in [-0.05, 0) is 53.3 Å². The van der Waals surface area contributed by atoms with E-state index < -0.39 is 35.1 Å². The number of rotatable bonds is 5. The molecule has 2 amide bonds. The number of pyridine rings is 1. The van der Waals surface area contributed by atoms with Crippen LogP contribution in [0.1, 0.15) is 40.1 Å². The fraction of sp³-hybridized carbons (Fsp3) is 0.452. The Morgan fingerprint density at radius 3 is 2.57 bits per heavy atom. The van der Waals surface area contributed by atoms with Crippen LogP contribution in [-0.4, -0.2) is 116 Å². The number of nitrogens with zero attached hydrogens (tertiary/aromatic N) is 7. The van der Waals surface area contributed by atoms with E-state index in [2.05, 4.69) is 20.4 Å². The molecule has 4 aliphatic rings. The maximum Gasteiger partial charge on any atom is 0.430 e. The lowest BCUT2D eigenvalue weighted by atomic mass is 9.73. The van der Waals surface area contributed by atoms with E-state index in [1.54, 1.807) is 9.48 Å². The van der Waals surface area contributed by atoms with Gasteiger partial charge in [-0.1, -0.05) is 16.3 Å². The van der Waals surface area contributed by atoms with E-state index in [0.29, 0.717) is 32.0 Å². The Morgan fingerprint density at radius 2 is 1.88 bits per heavy atom. The van der Waals surface area contributed by atoms with Crippen LogP contribution in [-0.2, 0) is 20.4 Å². The standard InChI is InChI=1S/C31H30ClF3N8O6/c32-19-16-18(31(33,34)35)3-4-20(19)37-23(45)17-42-21-5-13-49-30(6-9-40(10-7-30)27(47)25-22(44)2-1-8-36-25)24(21)26(46)43-29(42)38-28(39-43)41-11-14-48-15-12-41/h1-4,8,16,24H,5-7,9-15,17H2,(H-,37,44,45,47)/p+1. The zero-order valence-corrected chi connectivity index (χ0v) is 26.7. The van der Waals surface area contributed by atoms with Gasteiger partial charge in [0.2, 0.25) is 0 Å². The van der Waals surface area contributed by atoms with Gasteiger partial charge in [0.15, 0.2) is 12.2 Å². The number of anilines is 2. The van der Waals surface area contributed by atoms with Crippen molar-refractivity contribution in [2.75, 3.05) is 62.8 Å². The van der Waals surface area contributed by atoms with Gasteiger partial charge < -0.3 is 29.7 Å². The summed E-state index contributed by atoms with van der Waals surface area (Å²) in [5.74, 6) is -2.15. The van der Waals surface area contributed by atoms with E-state index in [9.17, 15) is 32.7 Å². The number of morpholine rings is 1. The molecule has 3 aromatic rings. The van der Waals surface area contributed by atoms with E-state index in [1.165, 1.54) is 23.0 Å². The van der Waals surface area contributed by atoms with Gasteiger partial charge >= 0.3 is 24.0 Å². The van der Waals surface area contributed by atoms with Gasteiger partial charge in [-0.25, -0.2) is 9.56 Å². The van der Waals surface area contributed by atoms with Crippen LogP contribution >= 0.6 is 11.6 Å². The number of ether oxygens (including phenoxy) is 2. The van der Waals surface area contributed by atoms with Crippen molar-refractivity contribution in [3.8, 4) is 5.75 Å². The lowest BCUT2D eigenvalue weighted by molar-refractivity contribution is -0.446. The van der Waals surface area contributed by atoms with Gasteiger partial charge in [-0.15, -0.1) is 0 Å². The SMILES string of the molecule is O=C(C[N+]1=C2CCOC3(CCN(C(=O)c4ncccc4O)CC3)C2C(=O)n2nc(N3CCOCC3)nc21)Nc1ccc(C(F)(F)F)cc1Cl. The first-order valence-electron chi connectivity index (χ1n) is 15.7. The Hall–Kier alpha value is -4.61. The molecule has 0 saturated carbocycles. The Labute approximate surface area is 282 Å². The molecule has 3 fully saturated rings. The van der Waals surface area contributed by atoms with Crippen LogP contribution in [0.2, 0.25) is 5.02 Å². The summed E-state index contributed by atoms with van der Waals surface area (Å²) >= 11 is 6.12. The Morgan fingerprint density at radius 1 is 1.12 bits per heavy atom. The van der Waals surface area contributed by atoms with E-state index in [1.807, 2.05) is 4.90 Å². The van der Waals surface area contributed by atoms with Crippen LogP contribution in [0.15, 0.2) is 36.5 Å². The average Bonchev–Trinajstić information content (AvgIpc) is 3.54. The zero-order chi connectivity index (χ0) is 34.5. The Kier molecular flexibility index (Phi) is 8.52. The lowest BCUT2D eigenvalue weighted by Gasteiger charge is -2.48. The van der Waals surface area contributed by atoms with Gasteiger partial charge in [-0.3, -0.25) is 14.4 Å². The van der Waals surface area contributed by atoms with Gasteiger partial charge in [0, 0.05) is 38.8 Å². The minimum Gasteiger partial charge on any atom is -0.505 e. The highest BCUT2D eigenvalue weighted by atomic mass is 35.5. The van der Waals surface area contributed by atoms with Crippen LogP contribution in [0, 0.1) is 5.92 Å². The highest BCUT2D eigenvalue weighted by Gasteiger charge is 2.58. The number of hydrogen-bond donors (Lipinski definition) is 2. The molecule has 1 spiro atoms. The maximum absolute atomic E-state index is 14.3. The van der Waals surface area contributed by atoms with E-state index in [0.717, 1.165) is 18.2 Å². The molecule has 6 heterocycles. The molecular formula is C31H31ClF3N8O6+. The van der Waals surface area contributed by atoms with Crippen molar-refractivity contribution in [2.24, 2.45) is 5.92 Å². The van der Waals surface area contributed by atoms with Crippen LogP contribution in [0.5, 0.6) is 5.75 Å². The molecule has 0 bridgehead atoms. The third-order valence-electron chi connectivity index (χ3n) is 9.28. The molecule has 1 aromatic carbocycles. The number of hydrogen-bond acceptors (Lipinski definition) is 10. The molecule has 2 aromatic heterocycles. The van der Waals surface area contributed by atoms with E-state index in [4.69, 9.17) is 21.1 Å². The van der Waals surface area contributed by atoms with E-state index >= 15 is 0 Å². The minimum absolute atomic E-state index is 0.01000. The number of carbonyl (C=O) groups excluding carboxylic acids is 3. The number of aromatic hydroxyl groups is 1. The monoisotopic (exact) mass is 703 g/mol. The summed E-state index contributed by atoms with van der Waals surface area (Å²) in [6, 6.07) is 5.55. The number of aromatic nitrogens is 4. The van der Waals surface area contributed by atoms with E-state index in [-0.39, 0.29) is 85.5 Å². The number of alkyl halides is 3. The number of carbonyl (C=O) groups is 3. The fourth-order valence-electron chi connectivity index (χ4n) is 6.84. The third-order valence-corrected chi connectivity index (χ3v) is 9.59. The molecule has 14 nitrogen and oxygen atoms in total. The van der Waals surface area contributed by atoms with Crippen molar-refractivity contribution in [3.63, 3.8) is 0 Å². The summed E-state index contributed by atoms with van der Waals surface area (Å²) in [5.41, 5.74) is -1.49. The van der Waals surface area contributed by atoms with Crippen LogP contribution < -0.4 is 10.2 Å². The van der Waals surface area contributed by atoms with Gasteiger partial charge in [0.25, 0.3) is 11.8 Å². The number of nitrogens with one attached hydrogen (secondary N) is 1. The summed E-state index contributed by atoms with van der Waals surface area (Å²) in [7, 11) is 0. The summed E-state index contributed by atoms with van der Waals surface area (Å²) < 4.78 is 54.2. The van der Waals surface area contributed by atoms with Crippen molar-refractivity contribution in [1.29, 1.82) is 0 Å². The topological polar surface area (TPSA) is 155 Å². The molecule has 49 heavy (non-hydrogen) atoms. The molecule has 258 valence electrons. The number of likely N-dealkylation sites (tertiary alicyclic amines) is 1. The van der Waals surface area contributed by atoms with Gasteiger partial charge in [0.1, 0.15) is 11.7 Å². The second-order valence-corrected chi connectivity index (χ2v) is 12.5.